The molecule has 7 heteroatoms. The van der Waals surface area contributed by atoms with E-state index in [-0.39, 0.29) is 11.9 Å². The fourth-order valence-electron chi connectivity index (χ4n) is 2.22. The van der Waals surface area contributed by atoms with E-state index in [9.17, 15) is 9.59 Å². The van der Waals surface area contributed by atoms with E-state index in [2.05, 4.69) is 30.6 Å². The molecule has 0 bridgehead atoms. The molecule has 21 heavy (non-hydrogen) atoms. The van der Waals surface area contributed by atoms with Gasteiger partial charge in [0.1, 0.15) is 10.3 Å². The molecule has 0 N–H and O–H groups in total. The van der Waals surface area contributed by atoms with Gasteiger partial charge in [-0.2, -0.15) is 0 Å². The highest BCUT2D eigenvalue weighted by Crippen LogP contribution is 2.11. The molecule has 0 saturated carbocycles. The average molecular weight is 356 g/mol. The third-order valence-electron chi connectivity index (χ3n) is 3.45. The Morgan fingerprint density at radius 2 is 2.00 bits per heavy atom. The molecule has 1 aromatic rings. The van der Waals surface area contributed by atoms with Crippen molar-refractivity contribution in [2.45, 2.75) is 6.42 Å². The molecular formula is C14H18BrN3O3. The summed E-state index contributed by atoms with van der Waals surface area (Å²) in [6.07, 6.45) is 0.387. The number of hydrogen-bond acceptors (Lipinski definition) is 5. The summed E-state index contributed by atoms with van der Waals surface area (Å²) in [7, 11) is 1.39. The van der Waals surface area contributed by atoms with Gasteiger partial charge in [0.15, 0.2) is 0 Å². The lowest BCUT2D eigenvalue weighted by atomic mass is 10.2. The maximum atomic E-state index is 12.3. The van der Waals surface area contributed by atoms with E-state index in [1.807, 2.05) is 0 Å². The molecule has 2 rings (SSSR count). The second-order valence-corrected chi connectivity index (χ2v) is 5.62. The van der Waals surface area contributed by atoms with E-state index < -0.39 is 0 Å². The molecule has 1 fully saturated rings. The highest BCUT2D eigenvalue weighted by molar-refractivity contribution is 9.10. The molecule has 1 aliphatic heterocycles. The number of amides is 1. The van der Waals surface area contributed by atoms with Gasteiger partial charge in [-0.15, -0.1) is 0 Å². The van der Waals surface area contributed by atoms with Gasteiger partial charge in [0, 0.05) is 32.7 Å². The SMILES string of the molecule is COC(=O)CCN1CCN(C(=O)c2cccc(Br)n2)CC1. The Morgan fingerprint density at radius 3 is 2.62 bits per heavy atom. The van der Waals surface area contributed by atoms with Gasteiger partial charge in [-0.25, -0.2) is 4.98 Å². The van der Waals surface area contributed by atoms with E-state index >= 15 is 0 Å². The van der Waals surface area contributed by atoms with Crippen LogP contribution in [0.25, 0.3) is 0 Å². The zero-order valence-corrected chi connectivity index (χ0v) is 13.5. The van der Waals surface area contributed by atoms with E-state index in [1.54, 1.807) is 23.1 Å². The highest BCUT2D eigenvalue weighted by Gasteiger charge is 2.23. The molecule has 0 radical (unpaired) electrons. The number of piperazine rings is 1. The second kappa shape index (κ2) is 7.51. The molecule has 2 heterocycles. The zero-order valence-electron chi connectivity index (χ0n) is 11.9. The molecule has 1 saturated heterocycles. The first-order valence-corrected chi connectivity index (χ1v) is 7.60. The number of carbonyl (C=O) groups excluding carboxylic acids is 2. The smallest absolute Gasteiger partial charge is 0.306 e. The Kier molecular flexibility index (Phi) is 5.69. The standard InChI is InChI=1S/C14H18BrN3O3/c1-21-13(19)5-6-17-7-9-18(10-8-17)14(20)11-3-2-4-12(15)16-11/h2-4H,5-10H2,1H3. The number of halogens is 1. The minimum absolute atomic E-state index is 0.0519. The van der Waals surface area contributed by atoms with Gasteiger partial charge < -0.3 is 9.64 Å². The number of aromatic nitrogens is 1. The van der Waals surface area contributed by atoms with Crippen molar-refractivity contribution in [3.63, 3.8) is 0 Å². The van der Waals surface area contributed by atoms with E-state index in [0.717, 1.165) is 13.1 Å². The van der Waals surface area contributed by atoms with Crippen molar-refractivity contribution in [3.05, 3.63) is 28.5 Å². The lowest BCUT2D eigenvalue weighted by Gasteiger charge is -2.34. The van der Waals surface area contributed by atoms with Crippen molar-refractivity contribution in [1.82, 2.24) is 14.8 Å². The van der Waals surface area contributed by atoms with Crippen molar-refractivity contribution in [2.75, 3.05) is 39.8 Å². The Hall–Kier alpha value is -1.47. The average Bonchev–Trinajstić information content (AvgIpc) is 2.52. The molecule has 6 nitrogen and oxygen atoms in total. The normalized spacial score (nSPS) is 15.8. The molecule has 114 valence electrons. The Balaban J connectivity index is 1.83. The Labute approximate surface area is 132 Å². The van der Waals surface area contributed by atoms with Crippen molar-refractivity contribution < 1.29 is 14.3 Å². The Bertz CT molecular complexity index is 516. The first-order chi connectivity index (χ1) is 10.1. The quantitative estimate of drug-likeness (QED) is 0.599. The van der Waals surface area contributed by atoms with Crippen LogP contribution in [0.2, 0.25) is 0 Å². The topological polar surface area (TPSA) is 62.7 Å². The van der Waals surface area contributed by atoms with Gasteiger partial charge in [-0.05, 0) is 28.1 Å². The number of pyridine rings is 1. The van der Waals surface area contributed by atoms with Crippen molar-refractivity contribution in [1.29, 1.82) is 0 Å². The fourth-order valence-corrected chi connectivity index (χ4v) is 2.56. The Morgan fingerprint density at radius 1 is 1.29 bits per heavy atom. The highest BCUT2D eigenvalue weighted by atomic mass is 79.9. The predicted octanol–water partition coefficient (Wildman–Crippen LogP) is 1.16. The van der Waals surface area contributed by atoms with Crippen LogP contribution < -0.4 is 0 Å². The maximum Gasteiger partial charge on any atom is 0.306 e. The van der Waals surface area contributed by atoms with E-state index in [4.69, 9.17) is 0 Å². The minimum Gasteiger partial charge on any atom is -0.469 e. The molecule has 0 unspecified atom stereocenters. The van der Waals surface area contributed by atoms with Crippen LogP contribution in [-0.4, -0.2) is 66.5 Å². The minimum atomic E-state index is -0.202. The number of carbonyl (C=O) groups is 2. The van der Waals surface area contributed by atoms with Gasteiger partial charge in [-0.1, -0.05) is 6.07 Å². The van der Waals surface area contributed by atoms with E-state index in [1.165, 1.54) is 7.11 Å². The van der Waals surface area contributed by atoms with Crippen LogP contribution in [0, 0.1) is 0 Å². The number of hydrogen-bond donors (Lipinski definition) is 0. The van der Waals surface area contributed by atoms with Crippen LogP contribution >= 0.6 is 15.9 Å². The van der Waals surface area contributed by atoms with Crippen LogP contribution in [0.4, 0.5) is 0 Å². The lowest BCUT2D eigenvalue weighted by Crippen LogP contribution is -2.49. The summed E-state index contributed by atoms with van der Waals surface area (Å²) >= 11 is 3.27. The van der Waals surface area contributed by atoms with Crippen LogP contribution in [0.15, 0.2) is 22.8 Å². The maximum absolute atomic E-state index is 12.3. The van der Waals surface area contributed by atoms with Crippen LogP contribution in [0.1, 0.15) is 16.9 Å². The summed E-state index contributed by atoms with van der Waals surface area (Å²) in [6, 6.07) is 5.31. The van der Waals surface area contributed by atoms with Gasteiger partial charge in [0.05, 0.1) is 13.5 Å². The second-order valence-electron chi connectivity index (χ2n) is 4.81. The number of ether oxygens (including phenoxy) is 1. The first-order valence-electron chi connectivity index (χ1n) is 6.81. The van der Waals surface area contributed by atoms with Crippen LogP contribution in [0.3, 0.4) is 0 Å². The largest absolute Gasteiger partial charge is 0.469 e. The molecule has 0 spiro atoms. The summed E-state index contributed by atoms with van der Waals surface area (Å²) in [5, 5.41) is 0. The number of nitrogens with zero attached hydrogens (tertiary/aromatic N) is 3. The van der Waals surface area contributed by atoms with Gasteiger partial charge in [-0.3, -0.25) is 14.5 Å². The first kappa shape index (κ1) is 15.9. The fraction of sp³-hybridized carbons (Fsp3) is 0.500. The summed E-state index contributed by atoms with van der Waals surface area (Å²) < 4.78 is 5.28. The number of methoxy groups -OCH3 is 1. The molecule has 0 aliphatic carbocycles. The van der Waals surface area contributed by atoms with Gasteiger partial charge in [0.25, 0.3) is 5.91 Å². The summed E-state index contributed by atoms with van der Waals surface area (Å²) in [5.41, 5.74) is 0.451. The summed E-state index contributed by atoms with van der Waals surface area (Å²) in [4.78, 5) is 31.6. The summed E-state index contributed by atoms with van der Waals surface area (Å²) in [5.74, 6) is -0.254. The van der Waals surface area contributed by atoms with Crippen molar-refractivity contribution in [2.24, 2.45) is 0 Å². The van der Waals surface area contributed by atoms with Crippen molar-refractivity contribution in [3.8, 4) is 0 Å². The number of rotatable bonds is 4. The molecule has 0 atom stereocenters. The molecule has 1 aromatic heterocycles. The van der Waals surface area contributed by atoms with Gasteiger partial charge >= 0.3 is 5.97 Å². The third kappa shape index (κ3) is 4.50. The molecular weight excluding hydrogens is 338 g/mol. The number of esters is 1. The zero-order chi connectivity index (χ0) is 15.2. The molecule has 0 aromatic carbocycles. The third-order valence-corrected chi connectivity index (χ3v) is 3.90. The molecule has 1 aliphatic rings. The molecule has 1 amide bonds. The monoisotopic (exact) mass is 355 g/mol. The van der Waals surface area contributed by atoms with Crippen molar-refractivity contribution >= 4 is 27.8 Å². The van der Waals surface area contributed by atoms with E-state index in [0.29, 0.717) is 36.4 Å². The summed E-state index contributed by atoms with van der Waals surface area (Å²) in [6.45, 7) is 3.49. The van der Waals surface area contributed by atoms with Crippen LogP contribution in [-0.2, 0) is 9.53 Å². The van der Waals surface area contributed by atoms with Crippen LogP contribution in [0.5, 0.6) is 0 Å². The lowest BCUT2D eigenvalue weighted by molar-refractivity contribution is -0.141. The predicted molar refractivity (Wildman–Crippen MR) is 80.9 cm³/mol. The van der Waals surface area contributed by atoms with Gasteiger partial charge in [0.2, 0.25) is 0 Å².